The van der Waals surface area contributed by atoms with Crippen molar-refractivity contribution in [1.29, 1.82) is 0 Å². The summed E-state index contributed by atoms with van der Waals surface area (Å²) in [6, 6.07) is 13.5. The van der Waals surface area contributed by atoms with E-state index in [1.807, 2.05) is 42.5 Å². The predicted octanol–water partition coefficient (Wildman–Crippen LogP) is 3.07. The summed E-state index contributed by atoms with van der Waals surface area (Å²) < 4.78 is 5.37. The molecule has 7 nitrogen and oxygen atoms in total. The fourth-order valence-corrected chi connectivity index (χ4v) is 4.38. The number of nitrogens with one attached hydrogen (secondary N) is 1. The number of aryl methyl sites for hydroxylation is 2. The molecule has 7 heteroatoms. The van der Waals surface area contributed by atoms with Crippen LogP contribution >= 0.6 is 0 Å². The van der Waals surface area contributed by atoms with Gasteiger partial charge in [-0.15, -0.1) is 0 Å². The second-order valence-electron chi connectivity index (χ2n) is 8.70. The SMILES string of the molecule is CN(CC(=O)Nc1ccc(N2CCOCC2)cc1)C(=O)CCC(=O)c1ccc2c(c1)CCC2. The van der Waals surface area contributed by atoms with Gasteiger partial charge in [0.05, 0.1) is 19.8 Å². The number of carbonyl (C=O) groups is 3. The van der Waals surface area contributed by atoms with Gasteiger partial charge in [-0.2, -0.15) is 0 Å². The lowest BCUT2D eigenvalue weighted by molar-refractivity contribution is -0.133. The topological polar surface area (TPSA) is 79.0 Å². The molecule has 1 aliphatic heterocycles. The molecule has 0 atom stereocenters. The van der Waals surface area contributed by atoms with Gasteiger partial charge in [-0.05, 0) is 60.7 Å². The molecule has 1 fully saturated rings. The third kappa shape index (κ3) is 5.99. The van der Waals surface area contributed by atoms with Gasteiger partial charge in [0, 0.05) is 49.9 Å². The first-order valence-electron chi connectivity index (χ1n) is 11.6. The van der Waals surface area contributed by atoms with Crippen LogP contribution in [0.1, 0.15) is 40.7 Å². The van der Waals surface area contributed by atoms with Crippen molar-refractivity contribution in [3.8, 4) is 0 Å². The number of hydrogen-bond acceptors (Lipinski definition) is 5. The highest BCUT2D eigenvalue weighted by Gasteiger charge is 2.18. The van der Waals surface area contributed by atoms with Crippen LogP contribution in [0.5, 0.6) is 0 Å². The Morgan fingerprint density at radius 2 is 1.70 bits per heavy atom. The zero-order valence-corrected chi connectivity index (χ0v) is 19.1. The molecular formula is C26H31N3O4. The van der Waals surface area contributed by atoms with E-state index in [9.17, 15) is 14.4 Å². The largest absolute Gasteiger partial charge is 0.378 e. The maximum Gasteiger partial charge on any atom is 0.243 e. The van der Waals surface area contributed by atoms with Crippen LogP contribution in [-0.2, 0) is 27.2 Å². The number of benzene rings is 2. The summed E-state index contributed by atoms with van der Waals surface area (Å²) >= 11 is 0. The van der Waals surface area contributed by atoms with E-state index in [4.69, 9.17) is 4.74 Å². The molecule has 174 valence electrons. The molecule has 2 aromatic rings. The lowest BCUT2D eigenvalue weighted by atomic mass is 10.0. The van der Waals surface area contributed by atoms with E-state index in [0.29, 0.717) is 11.3 Å². The number of likely N-dealkylation sites (N-methyl/N-ethyl adjacent to an activating group) is 1. The number of ether oxygens (including phenoxy) is 1. The average molecular weight is 450 g/mol. The second kappa shape index (κ2) is 10.6. The Hall–Kier alpha value is -3.19. The molecule has 2 aliphatic rings. The monoisotopic (exact) mass is 449 g/mol. The van der Waals surface area contributed by atoms with Gasteiger partial charge in [0.25, 0.3) is 0 Å². The first-order chi connectivity index (χ1) is 16.0. The molecule has 0 radical (unpaired) electrons. The number of fused-ring (bicyclic) bond motifs is 1. The molecule has 0 saturated carbocycles. The number of morpholine rings is 1. The van der Waals surface area contributed by atoms with Crippen molar-refractivity contribution in [2.75, 3.05) is 50.1 Å². The minimum atomic E-state index is -0.269. The number of hydrogen-bond donors (Lipinski definition) is 1. The summed E-state index contributed by atoms with van der Waals surface area (Å²) in [5.74, 6) is -0.520. The van der Waals surface area contributed by atoms with Crippen molar-refractivity contribution < 1.29 is 19.1 Å². The summed E-state index contributed by atoms with van der Waals surface area (Å²) in [5.41, 5.74) is 5.02. The quantitative estimate of drug-likeness (QED) is 0.627. The molecule has 2 aromatic carbocycles. The molecule has 1 saturated heterocycles. The maximum atomic E-state index is 12.5. The van der Waals surface area contributed by atoms with Gasteiger partial charge in [-0.25, -0.2) is 0 Å². The number of nitrogens with zero attached hydrogens (tertiary/aromatic N) is 2. The van der Waals surface area contributed by atoms with E-state index in [1.54, 1.807) is 7.05 Å². The molecule has 1 N–H and O–H groups in total. The molecule has 0 bridgehead atoms. The number of anilines is 2. The highest BCUT2D eigenvalue weighted by Crippen LogP contribution is 2.23. The molecule has 0 unspecified atom stereocenters. The van der Waals surface area contributed by atoms with Crippen molar-refractivity contribution in [3.63, 3.8) is 0 Å². The summed E-state index contributed by atoms with van der Waals surface area (Å²) in [4.78, 5) is 41.0. The zero-order valence-electron chi connectivity index (χ0n) is 19.1. The third-order valence-corrected chi connectivity index (χ3v) is 6.32. The number of rotatable bonds is 8. The Labute approximate surface area is 194 Å². The lowest BCUT2D eigenvalue weighted by Gasteiger charge is -2.28. The minimum absolute atomic E-state index is 0.0312. The summed E-state index contributed by atoms with van der Waals surface area (Å²) in [6.45, 7) is 3.09. The van der Waals surface area contributed by atoms with E-state index in [1.165, 1.54) is 16.0 Å². The minimum Gasteiger partial charge on any atom is -0.378 e. The molecule has 33 heavy (non-hydrogen) atoms. The molecule has 1 heterocycles. The van der Waals surface area contributed by atoms with Crippen LogP contribution in [0.2, 0.25) is 0 Å². The van der Waals surface area contributed by atoms with Crippen LogP contribution in [0.4, 0.5) is 11.4 Å². The fraction of sp³-hybridized carbons (Fsp3) is 0.423. The van der Waals surface area contributed by atoms with Crippen LogP contribution < -0.4 is 10.2 Å². The van der Waals surface area contributed by atoms with Gasteiger partial charge in [0.1, 0.15) is 0 Å². The smallest absolute Gasteiger partial charge is 0.243 e. The van der Waals surface area contributed by atoms with Gasteiger partial charge in [0.15, 0.2) is 5.78 Å². The van der Waals surface area contributed by atoms with Gasteiger partial charge < -0.3 is 19.9 Å². The van der Waals surface area contributed by atoms with Gasteiger partial charge in [-0.1, -0.05) is 12.1 Å². The molecule has 1 aliphatic carbocycles. The Morgan fingerprint density at radius 1 is 0.970 bits per heavy atom. The second-order valence-corrected chi connectivity index (χ2v) is 8.70. The van der Waals surface area contributed by atoms with E-state index in [0.717, 1.165) is 51.3 Å². The van der Waals surface area contributed by atoms with Gasteiger partial charge in [0.2, 0.25) is 11.8 Å². The van der Waals surface area contributed by atoms with Crippen molar-refractivity contribution in [1.82, 2.24) is 4.90 Å². The predicted molar refractivity (Wildman–Crippen MR) is 128 cm³/mol. The Bertz CT molecular complexity index is 1010. The first kappa shape index (κ1) is 23.0. The van der Waals surface area contributed by atoms with Crippen LogP contribution in [0, 0.1) is 0 Å². The Balaban J connectivity index is 1.22. The maximum absolute atomic E-state index is 12.5. The van der Waals surface area contributed by atoms with E-state index < -0.39 is 0 Å². The van der Waals surface area contributed by atoms with E-state index in [2.05, 4.69) is 10.2 Å². The zero-order chi connectivity index (χ0) is 23.2. The molecular weight excluding hydrogens is 418 g/mol. The standard InChI is InChI=1S/C26H31N3O4/c1-28(26(32)12-11-24(30)21-6-5-19-3-2-4-20(19)17-21)18-25(31)27-22-7-9-23(10-8-22)29-13-15-33-16-14-29/h5-10,17H,2-4,11-16,18H2,1H3,(H,27,31). The van der Waals surface area contributed by atoms with Gasteiger partial charge >= 0.3 is 0 Å². The highest BCUT2D eigenvalue weighted by molar-refractivity contribution is 5.99. The Morgan fingerprint density at radius 3 is 2.45 bits per heavy atom. The van der Waals surface area contributed by atoms with E-state index in [-0.39, 0.29) is 37.0 Å². The molecule has 0 spiro atoms. The van der Waals surface area contributed by atoms with Crippen molar-refractivity contribution >= 4 is 29.0 Å². The summed E-state index contributed by atoms with van der Waals surface area (Å²) in [6.07, 6.45) is 3.47. The van der Waals surface area contributed by atoms with Crippen molar-refractivity contribution in [3.05, 3.63) is 59.2 Å². The van der Waals surface area contributed by atoms with Crippen LogP contribution in [0.25, 0.3) is 0 Å². The van der Waals surface area contributed by atoms with Gasteiger partial charge in [-0.3, -0.25) is 14.4 Å². The fourth-order valence-electron chi connectivity index (χ4n) is 4.38. The lowest BCUT2D eigenvalue weighted by Crippen LogP contribution is -2.36. The van der Waals surface area contributed by atoms with Crippen molar-refractivity contribution in [2.24, 2.45) is 0 Å². The highest BCUT2D eigenvalue weighted by atomic mass is 16.5. The van der Waals surface area contributed by atoms with Crippen LogP contribution in [-0.4, -0.2) is 62.4 Å². The van der Waals surface area contributed by atoms with E-state index >= 15 is 0 Å². The number of Topliss-reactive ketones (excluding diaryl/α,β-unsaturated/α-hetero) is 1. The van der Waals surface area contributed by atoms with Crippen LogP contribution in [0.15, 0.2) is 42.5 Å². The summed E-state index contributed by atoms with van der Waals surface area (Å²) in [7, 11) is 1.59. The Kier molecular flexibility index (Phi) is 7.40. The molecule has 4 rings (SSSR count). The number of carbonyl (C=O) groups excluding carboxylic acids is 3. The first-order valence-corrected chi connectivity index (χ1v) is 11.6. The van der Waals surface area contributed by atoms with Crippen molar-refractivity contribution in [2.45, 2.75) is 32.1 Å². The number of ketones is 1. The number of amides is 2. The normalized spacial score (nSPS) is 15.1. The third-order valence-electron chi connectivity index (χ3n) is 6.32. The molecule has 0 aromatic heterocycles. The molecule has 2 amide bonds. The van der Waals surface area contributed by atoms with Crippen LogP contribution in [0.3, 0.4) is 0 Å². The average Bonchev–Trinajstić information content (AvgIpc) is 3.31. The summed E-state index contributed by atoms with van der Waals surface area (Å²) in [5, 5.41) is 2.83.